The summed E-state index contributed by atoms with van der Waals surface area (Å²) in [6.07, 6.45) is 6.17. The van der Waals surface area contributed by atoms with Crippen LogP contribution in [0.5, 0.6) is 0 Å². The molecule has 1 fully saturated rings. The molecule has 0 spiro atoms. The molecule has 15 heavy (non-hydrogen) atoms. The van der Waals surface area contributed by atoms with Gasteiger partial charge in [0.1, 0.15) is 0 Å². The van der Waals surface area contributed by atoms with Crippen molar-refractivity contribution >= 4 is 0 Å². The van der Waals surface area contributed by atoms with Gasteiger partial charge < -0.3 is 10.4 Å². The molecule has 1 heterocycles. The lowest BCUT2D eigenvalue weighted by Gasteiger charge is -2.51. The predicted molar refractivity (Wildman–Crippen MR) is 65.0 cm³/mol. The van der Waals surface area contributed by atoms with Crippen LogP contribution in [-0.2, 0) is 0 Å². The number of hydrogen-bond donors (Lipinski definition) is 2. The molecular weight excluding hydrogens is 186 g/mol. The maximum atomic E-state index is 10.1. The zero-order valence-electron chi connectivity index (χ0n) is 10.8. The summed E-state index contributed by atoms with van der Waals surface area (Å²) in [6, 6.07) is 0. The van der Waals surface area contributed by atoms with Crippen molar-refractivity contribution in [3.05, 3.63) is 0 Å². The minimum atomic E-state index is -0.119. The van der Waals surface area contributed by atoms with E-state index in [0.717, 1.165) is 38.5 Å². The molecule has 2 N–H and O–H groups in total. The van der Waals surface area contributed by atoms with Crippen LogP contribution < -0.4 is 5.32 Å². The fourth-order valence-electron chi connectivity index (χ4n) is 3.07. The van der Waals surface area contributed by atoms with E-state index in [0.29, 0.717) is 0 Å². The Hall–Kier alpha value is -0.0800. The molecule has 2 nitrogen and oxygen atoms in total. The van der Waals surface area contributed by atoms with Crippen molar-refractivity contribution in [1.82, 2.24) is 5.32 Å². The second-order valence-corrected chi connectivity index (χ2v) is 5.16. The van der Waals surface area contributed by atoms with Gasteiger partial charge in [-0.15, -0.1) is 0 Å². The summed E-state index contributed by atoms with van der Waals surface area (Å²) in [7, 11) is 0. The third-order valence-electron chi connectivity index (χ3n) is 4.49. The highest BCUT2D eigenvalue weighted by molar-refractivity contribution is 5.03. The molecule has 0 saturated carbocycles. The molecule has 0 radical (unpaired) electrons. The zero-order chi connectivity index (χ0) is 11.5. The Bertz CT molecular complexity index is 175. The maximum absolute atomic E-state index is 10.1. The largest absolute Gasteiger partial charge is 0.393 e. The van der Waals surface area contributed by atoms with E-state index in [1.165, 1.54) is 0 Å². The topological polar surface area (TPSA) is 32.3 Å². The summed E-state index contributed by atoms with van der Waals surface area (Å²) in [4.78, 5) is 0. The Kier molecular flexibility index (Phi) is 4.19. The molecule has 0 unspecified atom stereocenters. The van der Waals surface area contributed by atoms with Crippen LogP contribution in [-0.4, -0.2) is 22.3 Å². The van der Waals surface area contributed by atoms with Gasteiger partial charge in [-0.3, -0.25) is 0 Å². The monoisotopic (exact) mass is 213 g/mol. The van der Waals surface area contributed by atoms with E-state index in [1.54, 1.807) is 0 Å². The summed E-state index contributed by atoms with van der Waals surface area (Å²) >= 11 is 0. The second kappa shape index (κ2) is 4.84. The summed E-state index contributed by atoms with van der Waals surface area (Å²) in [6.45, 7) is 8.91. The number of rotatable bonds is 4. The predicted octanol–water partition coefficient (Wildman–Crippen LogP) is 2.85. The van der Waals surface area contributed by atoms with Crippen LogP contribution >= 0.6 is 0 Å². The Balaban J connectivity index is 2.87. The molecule has 0 bridgehead atoms. The smallest absolute Gasteiger partial charge is 0.0575 e. The number of aliphatic hydroxyl groups excluding tert-OH is 1. The van der Waals surface area contributed by atoms with Crippen LogP contribution in [0.2, 0.25) is 0 Å². The third kappa shape index (κ3) is 2.54. The van der Waals surface area contributed by atoms with Crippen LogP contribution in [0.25, 0.3) is 0 Å². The lowest BCUT2D eigenvalue weighted by atomic mass is 9.72. The minimum absolute atomic E-state index is 0.119. The van der Waals surface area contributed by atoms with Crippen LogP contribution in [0.1, 0.15) is 66.2 Å². The van der Waals surface area contributed by atoms with Crippen molar-refractivity contribution in [3.8, 4) is 0 Å². The Morgan fingerprint density at radius 1 is 0.933 bits per heavy atom. The van der Waals surface area contributed by atoms with Gasteiger partial charge in [0.2, 0.25) is 0 Å². The van der Waals surface area contributed by atoms with Gasteiger partial charge >= 0.3 is 0 Å². The number of piperidine rings is 1. The van der Waals surface area contributed by atoms with E-state index in [1.807, 2.05) is 0 Å². The summed E-state index contributed by atoms with van der Waals surface area (Å²) < 4.78 is 0. The first-order chi connectivity index (χ1) is 7.05. The van der Waals surface area contributed by atoms with Gasteiger partial charge in [-0.25, -0.2) is 0 Å². The van der Waals surface area contributed by atoms with Gasteiger partial charge in [-0.1, -0.05) is 27.7 Å². The molecule has 1 aliphatic rings. The zero-order valence-corrected chi connectivity index (χ0v) is 10.8. The van der Waals surface area contributed by atoms with E-state index in [4.69, 9.17) is 0 Å². The highest BCUT2D eigenvalue weighted by Gasteiger charge is 2.43. The van der Waals surface area contributed by atoms with E-state index < -0.39 is 0 Å². The Morgan fingerprint density at radius 3 is 1.53 bits per heavy atom. The van der Waals surface area contributed by atoms with Crippen molar-refractivity contribution < 1.29 is 5.11 Å². The Morgan fingerprint density at radius 2 is 1.27 bits per heavy atom. The van der Waals surface area contributed by atoms with Crippen molar-refractivity contribution in [1.29, 1.82) is 0 Å². The molecule has 1 rings (SSSR count). The number of nitrogens with one attached hydrogen (secondary N) is 1. The van der Waals surface area contributed by atoms with E-state index >= 15 is 0 Å². The molecule has 0 aliphatic carbocycles. The number of aliphatic hydroxyl groups is 1. The SMILES string of the molecule is CCC1(CC)CC(O)CC(CC)(CC)N1. The standard InChI is InChI=1S/C13H27NO/c1-5-12(6-2)9-11(15)10-13(7-3,8-4)14-12/h11,14-15H,5-10H2,1-4H3. The third-order valence-corrected chi connectivity index (χ3v) is 4.49. The first-order valence-electron chi connectivity index (χ1n) is 6.52. The van der Waals surface area contributed by atoms with Gasteiger partial charge in [0.05, 0.1) is 6.10 Å². The fourth-order valence-corrected chi connectivity index (χ4v) is 3.07. The van der Waals surface area contributed by atoms with Crippen LogP contribution in [0.3, 0.4) is 0 Å². The molecule has 2 heteroatoms. The molecule has 90 valence electrons. The van der Waals surface area contributed by atoms with Crippen molar-refractivity contribution in [2.75, 3.05) is 0 Å². The fraction of sp³-hybridized carbons (Fsp3) is 1.00. The Labute approximate surface area is 94.5 Å². The lowest BCUT2D eigenvalue weighted by molar-refractivity contribution is 0.00537. The quantitative estimate of drug-likeness (QED) is 0.752. The van der Waals surface area contributed by atoms with Crippen LogP contribution in [0.15, 0.2) is 0 Å². The van der Waals surface area contributed by atoms with E-state index in [2.05, 4.69) is 33.0 Å². The highest BCUT2D eigenvalue weighted by atomic mass is 16.3. The molecule has 0 aromatic heterocycles. The summed E-state index contributed by atoms with van der Waals surface area (Å²) in [5, 5.41) is 13.9. The summed E-state index contributed by atoms with van der Waals surface area (Å²) in [5.74, 6) is 0. The molecule has 0 aromatic carbocycles. The van der Waals surface area contributed by atoms with Gasteiger partial charge in [0, 0.05) is 11.1 Å². The molecular formula is C13H27NO. The first kappa shape index (κ1) is 13.0. The van der Waals surface area contributed by atoms with Crippen molar-refractivity contribution in [2.45, 2.75) is 83.4 Å². The van der Waals surface area contributed by atoms with E-state index in [-0.39, 0.29) is 17.2 Å². The number of hydrogen-bond acceptors (Lipinski definition) is 2. The van der Waals surface area contributed by atoms with Crippen LogP contribution in [0, 0.1) is 0 Å². The van der Waals surface area contributed by atoms with Gasteiger partial charge in [0.15, 0.2) is 0 Å². The molecule has 1 aliphatic heterocycles. The van der Waals surface area contributed by atoms with Crippen LogP contribution in [0.4, 0.5) is 0 Å². The second-order valence-electron chi connectivity index (χ2n) is 5.16. The van der Waals surface area contributed by atoms with Crippen molar-refractivity contribution in [2.24, 2.45) is 0 Å². The average molecular weight is 213 g/mol. The van der Waals surface area contributed by atoms with Gasteiger partial charge in [-0.05, 0) is 38.5 Å². The van der Waals surface area contributed by atoms with E-state index in [9.17, 15) is 5.11 Å². The van der Waals surface area contributed by atoms with Gasteiger partial charge in [-0.2, -0.15) is 0 Å². The molecule has 0 atom stereocenters. The first-order valence-corrected chi connectivity index (χ1v) is 6.52. The average Bonchev–Trinajstić information content (AvgIpc) is 2.28. The summed E-state index contributed by atoms with van der Waals surface area (Å²) in [5.41, 5.74) is 0.341. The minimum Gasteiger partial charge on any atom is -0.393 e. The molecule has 1 saturated heterocycles. The van der Waals surface area contributed by atoms with Gasteiger partial charge in [0.25, 0.3) is 0 Å². The lowest BCUT2D eigenvalue weighted by Crippen LogP contribution is -2.63. The van der Waals surface area contributed by atoms with Crippen molar-refractivity contribution in [3.63, 3.8) is 0 Å². The molecule has 0 amide bonds. The highest BCUT2D eigenvalue weighted by Crippen LogP contribution is 2.36. The maximum Gasteiger partial charge on any atom is 0.0575 e. The normalized spacial score (nSPS) is 25.4. The molecule has 0 aromatic rings.